The maximum Gasteiger partial charge on any atom is 0.116 e. The average molecular weight is 330 g/mol. The predicted octanol–water partition coefficient (Wildman–Crippen LogP) is 4.69. The van der Waals surface area contributed by atoms with Gasteiger partial charge in [-0.25, -0.2) is 0 Å². The molecular weight excluding hydrogens is 308 g/mol. The topological polar surface area (TPSA) is 45.2 Å². The summed E-state index contributed by atoms with van der Waals surface area (Å²) in [6.07, 6.45) is 5.70. The lowest BCUT2D eigenvalue weighted by atomic mass is 9.61. The number of hydrogen-bond donors (Lipinski definition) is 2. The summed E-state index contributed by atoms with van der Waals surface area (Å²) in [6, 6.07) is 18.4. The maximum absolute atomic E-state index is 9.69. The van der Waals surface area contributed by atoms with Crippen molar-refractivity contribution in [3.8, 4) is 5.75 Å². The lowest BCUT2D eigenvalue weighted by molar-refractivity contribution is 0.134. The van der Waals surface area contributed by atoms with Crippen LogP contribution in [-0.2, 0) is 12.8 Å². The molecule has 1 saturated carbocycles. The van der Waals surface area contributed by atoms with Crippen LogP contribution in [0.3, 0.4) is 0 Å². The van der Waals surface area contributed by atoms with E-state index in [1.54, 1.807) is 6.07 Å². The molecule has 2 aromatic carbocycles. The van der Waals surface area contributed by atoms with Crippen molar-refractivity contribution in [3.63, 3.8) is 0 Å². The van der Waals surface area contributed by atoms with E-state index >= 15 is 0 Å². The molecule has 3 nitrogen and oxygen atoms in total. The molecule has 1 aliphatic carbocycles. The highest BCUT2D eigenvalue weighted by Crippen LogP contribution is 2.49. The van der Waals surface area contributed by atoms with Gasteiger partial charge in [0.1, 0.15) is 5.75 Å². The highest BCUT2D eigenvalue weighted by atomic mass is 16.3. The molecule has 1 fully saturated rings. The Morgan fingerprint density at radius 2 is 2.00 bits per heavy atom. The Morgan fingerprint density at radius 1 is 1.08 bits per heavy atom. The molecule has 5 rings (SSSR count). The molecule has 2 aliphatic rings. The monoisotopic (exact) mass is 330 g/mol. The van der Waals surface area contributed by atoms with E-state index in [9.17, 15) is 5.11 Å². The smallest absolute Gasteiger partial charge is 0.116 e. The summed E-state index contributed by atoms with van der Waals surface area (Å²) in [6.45, 7) is 0. The minimum absolute atomic E-state index is 0.206. The van der Waals surface area contributed by atoms with Gasteiger partial charge in [0.05, 0.1) is 5.52 Å². The van der Waals surface area contributed by atoms with E-state index < -0.39 is 0 Å². The number of pyridine rings is 1. The molecule has 2 heterocycles. The Balaban J connectivity index is 1.39. The van der Waals surface area contributed by atoms with Crippen LogP contribution in [0.15, 0.2) is 54.6 Å². The van der Waals surface area contributed by atoms with Crippen LogP contribution in [0.5, 0.6) is 5.75 Å². The molecule has 1 aliphatic heterocycles. The van der Waals surface area contributed by atoms with E-state index in [1.165, 1.54) is 35.2 Å². The highest BCUT2D eigenvalue weighted by Gasteiger charge is 2.48. The van der Waals surface area contributed by atoms with Crippen LogP contribution in [0, 0.1) is 5.92 Å². The van der Waals surface area contributed by atoms with Crippen molar-refractivity contribution < 1.29 is 5.11 Å². The number of aryl methyl sites for hydroxylation is 1. The third-order valence-corrected chi connectivity index (χ3v) is 6.14. The molecular formula is C22H22N2O. The number of phenols is 1. The van der Waals surface area contributed by atoms with Crippen molar-refractivity contribution in [2.45, 2.75) is 37.6 Å². The van der Waals surface area contributed by atoms with Gasteiger partial charge in [0.2, 0.25) is 0 Å². The highest BCUT2D eigenvalue weighted by molar-refractivity contribution is 5.78. The van der Waals surface area contributed by atoms with Gasteiger partial charge in [-0.2, -0.15) is 0 Å². The van der Waals surface area contributed by atoms with E-state index in [2.05, 4.69) is 41.7 Å². The van der Waals surface area contributed by atoms with Gasteiger partial charge in [0.15, 0.2) is 0 Å². The van der Waals surface area contributed by atoms with Gasteiger partial charge in [-0.3, -0.25) is 4.98 Å². The molecule has 2 atom stereocenters. The van der Waals surface area contributed by atoms with Crippen LogP contribution in [0.4, 0.5) is 5.69 Å². The van der Waals surface area contributed by atoms with Gasteiger partial charge >= 0.3 is 0 Å². The largest absolute Gasteiger partial charge is 0.508 e. The third kappa shape index (κ3) is 2.46. The molecule has 1 spiro atoms. The molecule has 0 amide bonds. The normalized spacial score (nSPS) is 24.6. The lowest BCUT2D eigenvalue weighted by Gasteiger charge is -2.53. The molecule has 2 unspecified atom stereocenters. The Morgan fingerprint density at radius 3 is 2.88 bits per heavy atom. The number of aromatic hydroxyl groups is 1. The van der Waals surface area contributed by atoms with Crippen LogP contribution >= 0.6 is 0 Å². The van der Waals surface area contributed by atoms with E-state index in [0.29, 0.717) is 11.7 Å². The van der Waals surface area contributed by atoms with Gasteiger partial charge in [0.25, 0.3) is 0 Å². The number of fused-ring (bicyclic) bond motifs is 2. The van der Waals surface area contributed by atoms with Gasteiger partial charge in [-0.15, -0.1) is 0 Å². The minimum Gasteiger partial charge on any atom is -0.508 e. The molecule has 0 saturated heterocycles. The van der Waals surface area contributed by atoms with E-state index in [-0.39, 0.29) is 5.54 Å². The van der Waals surface area contributed by atoms with Crippen molar-refractivity contribution in [1.29, 1.82) is 0 Å². The summed E-state index contributed by atoms with van der Waals surface area (Å²) in [5.41, 5.74) is 4.92. The van der Waals surface area contributed by atoms with Crippen molar-refractivity contribution in [2.75, 3.05) is 5.32 Å². The zero-order valence-corrected chi connectivity index (χ0v) is 14.2. The van der Waals surface area contributed by atoms with Crippen LogP contribution in [0.25, 0.3) is 10.9 Å². The fraction of sp³-hybridized carbons (Fsp3) is 0.318. The molecule has 0 radical (unpaired) electrons. The number of nitrogens with one attached hydrogen (secondary N) is 1. The predicted molar refractivity (Wildman–Crippen MR) is 101 cm³/mol. The fourth-order valence-corrected chi connectivity index (χ4v) is 4.56. The Kier molecular flexibility index (Phi) is 3.24. The van der Waals surface area contributed by atoms with Crippen LogP contribution < -0.4 is 5.32 Å². The summed E-state index contributed by atoms with van der Waals surface area (Å²) in [4.78, 5) is 4.87. The molecule has 3 heteroatoms. The Hall–Kier alpha value is -2.55. The number of benzene rings is 2. The first kappa shape index (κ1) is 14.8. The molecule has 2 N–H and O–H groups in total. The summed E-state index contributed by atoms with van der Waals surface area (Å²) >= 11 is 0. The van der Waals surface area contributed by atoms with Gasteiger partial charge < -0.3 is 10.4 Å². The first-order valence-corrected chi connectivity index (χ1v) is 9.17. The van der Waals surface area contributed by atoms with Crippen LogP contribution in [0.1, 0.15) is 30.5 Å². The lowest BCUT2D eigenvalue weighted by Crippen LogP contribution is -2.56. The minimum atomic E-state index is 0.206. The quantitative estimate of drug-likeness (QED) is 0.670. The second-order valence-electron chi connectivity index (χ2n) is 7.56. The number of nitrogens with zero attached hydrogens (tertiary/aromatic N) is 1. The van der Waals surface area contributed by atoms with Gasteiger partial charge in [-0.1, -0.05) is 24.3 Å². The number of hydrogen-bond acceptors (Lipinski definition) is 3. The molecule has 126 valence electrons. The van der Waals surface area contributed by atoms with Crippen molar-refractivity contribution >= 4 is 16.6 Å². The second-order valence-corrected chi connectivity index (χ2v) is 7.56. The molecule has 0 bridgehead atoms. The first-order valence-electron chi connectivity index (χ1n) is 9.17. The van der Waals surface area contributed by atoms with E-state index in [1.807, 2.05) is 12.1 Å². The van der Waals surface area contributed by atoms with E-state index in [4.69, 9.17) is 4.98 Å². The fourth-order valence-electron chi connectivity index (χ4n) is 4.56. The van der Waals surface area contributed by atoms with Gasteiger partial charge in [-0.05, 0) is 73.9 Å². The van der Waals surface area contributed by atoms with Crippen LogP contribution in [-0.4, -0.2) is 15.6 Å². The molecule has 3 aromatic rings. The molecule has 1 aromatic heterocycles. The van der Waals surface area contributed by atoms with Crippen molar-refractivity contribution in [1.82, 2.24) is 4.98 Å². The Bertz CT molecular complexity index is 952. The standard InChI is InChI=1S/C22H22N2O/c25-19-7-8-21-16(13-19)9-11-22(24-21)12-10-17(22)14-18-6-5-15-3-1-2-4-20(15)23-18/h1-8,13,17,24-25H,9-12,14H2. The number of para-hydroxylation sites is 1. The summed E-state index contributed by atoms with van der Waals surface area (Å²) < 4.78 is 0. The third-order valence-electron chi connectivity index (χ3n) is 6.14. The van der Waals surface area contributed by atoms with Crippen molar-refractivity contribution in [3.05, 3.63) is 65.9 Å². The summed E-state index contributed by atoms with van der Waals surface area (Å²) in [7, 11) is 0. The van der Waals surface area contributed by atoms with E-state index in [0.717, 1.165) is 24.8 Å². The number of phenolic OH excluding ortho intramolecular Hbond substituents is 1. The van der Waals surface area contributed by atoms with Gasteiger partial charge in [0, 0.05) is 22.3 Å². The second kappa shape index (κ2) is 5.48. The average Bonchev–Trinajstić information content (AvgIpc) is 2.64. The first-order chi connectivity index (χ1) is 12.2. The number of aromatic nitrogens is 1. The Labute approximate surface area is 147 Å². The summed E-state index contributed by atoms with van der Waals surface area (Å²) in [5, 5.41) is 14.7. The van der Waals surface area contributed by atoms with Crippen molar-refractivity contribution in [2.24, 2.45) is 5.92 Å². The molecule has 25 heavy (non-hydrogen) atoms. The zero-order chi connectivity index (χ0) is 16.9. The summed E-state index contributed by atoms with van der Waals surface area (Å²) in [5.74, 6) is 0.991. The number of rotatable bonds is 2. The van der Waals surface area contributed by atoms with Crippen LogP contribution in [0.2, 0.25) is 0 Å². The number of anilines is 1. The maximum atomic E-state index is 9.69. The SMILES string of the molecule is Oc1ccc2c(c1)CCC1(CCC1Cc1ccc3ccccc3n1)N2. The zero-order valence-electron chi connectivity index (χ0n) is 14.2.